The number of hydrogen-bond donors (Lipinski definition) is 0. The fourth-order valence-electron chi connectivity index (χ4n) is 8.00. The van der Waals surface area contributed by atoms with Crippen LogP contribution in [0.5, 0.6) is 0 Å². The molecule has 6 aliphatic rings. The number of likely N-dealkylation sites (N-methyl/N-ethyl adjacent to an activating group) is 1. The second kappa shape index (κ2) is 5.37. The molecule has 30 heavy (non-hydrogen) atoms. The molecule has 0 unspecified atom stereocenters. The molecule has 3 amide bonds. The Morgan fingerprint density at radius 3 is 2.40 bits per heavy atom. The highest BCUT2D eigenvalue weighted by Crippen LogP contribution is 2.72. The molecular formula is C22H31N3O5. The first-order valence-corrected chi connectivity index (χ1v) is 10.9. The molecule has 1 aliphatic carbocycles. The summed E-state index contributed by atoms with van der Waals surface area (Å²) in [5.74, 6) is -0.314. The Hall–Kier alpha value is -2.12. The Morgan fingerprint density at radius 1 is 1.10 bits per heavy atom. The number of nitrogens with zero attached hydrogens (tertiary/aromatic N) is 3. The van der Waals surface area contributed by atoms with Gasteiger partial charge in [0.25, 0.3) is 0 Å². The predicted octanol–water partition coefficient (Wildman–Crippen LogP) is 0.992. The van der Waals surface area contributed by atoms with Crippen LogP contribution in [-0.4, -0.2) is 76.3 Å². The molecule has 2 bridgehead atoms. The number of carbonyl (C=O) groups is 4. The molecule has 3 spiro atoms. The van der Waals surface area contributed by atoms with Crippen molar-refractivity contribution in [2.45, 2.75) is 70.7 Å². The van der Waals surface area contributed by atoms with E-state index in [-0.39, 0.29) is 29.6 Å². The Bertz CT molecular complexity index is 901. The van der Waals surface area contributed by atoms with Crippen LogP contribution in [-0.2, 0) is 23.9 Å². The molecule has 1 saturated carbocycles. The third-order valence-corrected chi connectivity index (χ3v) is 9.72. The monoisotopic (exact) mass is 417 g/mol. The van der Waals surface area contributed by atoms with Crippen molar-refractivity contribution in [3.05, 3.63) is 0 Å². The van der Waals surface area contributed by atoms with Crippen molar-refractivity contribution >= 4 is 23.7 Å². The molecule has 0 aromatic rings. The zero-order valence-electron chi connectivity index (χ0n) is 18.7. The zero-order chi connectivity index (χ0) is 22.0. The Morgan fingerprint density at radius 2 is 1.77 bits per heavy atom. The van der Waals surface area contributed by atoms with Crippen LogP contribution < -0.4 is 0 Å². The van der Waals surface area contributed by atoms with E-state index in [0.717, 1.165) is 0 Å². The number of likely N-dealkylation sites (tertiary alicyclic amines) is 1. The van der Waals surface area contributed by atoms with Gasteiger partial charge in [-0.2, -0.15) is 0 Å². The van der Waals surface area contributed by atoms with E-state index in [1.807, 2.05) is 23.8 Å². The number of hydrogen-bond acceptors (Lipinski definition) is 5. The number of piperazine rings is 1. The Balaban J connectivity index is 1.64. The van der Waals surface area contributed by atoms with E-state index in [1.165, 1.54) is 6.92 Å². The molecule has 0 N–H and O–H groups in total. The number of fused-ring (bicyclic) bond motifs is 1. The lowest BCUT2D eigenvalue weighted by molar-refractivity contribution is -0.192. The van der Waals surface area contributed by atoms with Crippen molar-refractivity contribution in [3.63, 3.8) is 0 Å². The molecule has 0 radical (unpaired) electrons. The number of amides is 3. The number of rotatable bonds is 1. The number of esters is 1. The number of piperidine rings is 2. The van der Waals surface area contributed by atoms with Gasteiger partial charge >= 0.3 is 5.97 Å². The van der Waals surface area contributed by atoms with E-state index in [2.05, 4.69) is 13.8 Å². The molecule has 8 nitrogen and oxygen atoms in total. The third-order valence-electron chi connectivity index (χ3n) is 9.72. The smallest absolute Gasteiger partial charge is 0.304 e. The summed E-state index contributed by atoms with van der Waals surface area (Å²) >= 11 is 0. The van der Waals surface area contributed by atoms with E-state index >= 15 is 0 Å². The zero-order valence-corrected chi connectivity index (χ0v) is 18.7. The molecule has 5 heterocycles. The van der Waals surface area contributed by atoms with Gasteiger partial charge in [0.1, 0.15) is 5.54 Å². The molecule has 6 rings (SSSR count). The predicted molar refractivity (Wildman–Crippen MR) is 106 cm³/mol. The van der Waals surface area contributed by atoms with Crippen molar-refractivity contribution in [2.24, 2.45) is 22.7 Å². The van der Waals surface area contributed by atoms with Gasteiger partial charge in [-0.1, -0.05) is 20.8 Å². The van der Waals surface area contributed by atoms with Crippen LogP contribution in [0.4, 0.5) is 0 Å². The van der Waals surface area contributed by atoms with E-state index in [9.17, 15) is 19.2 Å². The summed E-state index contributed by atoms with van der Waals surface area (Å²) in [6.45, 7) is 8.12. The van der Waals surface area contributed by atoms with Crippen molar-refractivity contribution in [3.8, 4) is 0 Å². The quantitative estimate of drug-likeness (QED) is 0.594. The topological polar surface area (TPSA) is 87.2 Å². The first-order valence-electron chi connectivity index (χ1n) is 10.9. The standard InChI is InChI=1S/C22H31N3O5/c1-12-7-15(27)25-11-21-10-20(9-16(30-13(2)26)23(5)17(20)28)19(3,4)14(21)8-22(12,25)18(29)24(21)6/h12,14,16H,7-11H2,1-6H3/t12-,14+,16+,20-,21+,22+/m0/s1. The minimum atomic E-state index is -0.788. The lowest BCUT2D eigenvalue weighted by Gasteiger charge is -2.64. The van der Waals surface area contributed by atoms with E-state index < -0.39 is 34.1 Å². The van der Waals surface area contributed by atoms with Crippen molar-refractivity contribution < 1.29 is 23.9 Å². The summed E-state index contributed by atoms with van der Waals surface area (Å²) in [5.41, 5.74) is -2.50. The molecule has 5 aliphatic heterocycles. The summed E-state index contributed by atoms with van der Waals surface area (Å²) in [5, 5.41) is 0. The number of ether oxygens (including phenoxy) is 1. The van der Waals surface area contributed by atoms with Gasteiger partial charge in [-0.3, -0.25) is 19.2 Å². The summed E-state index contributed by atoms with van der Waals surface area (Å²) in [6.07, 6.45) is 1.33. The minimum Gasteiger partial charge on any atom is -0.442 e. The molecular weight excluding hydrogens is 386 g/mol. The maximum absolute atomic E-state index is 13.7. The van der Waals surface area contributed by atoms with E-state index in [1.54, 1.807) is 11.9 Å². The van der Waals surface area contributed by atoms with Crippen molar-refractivity contribution in [1.82, 2.24) is 14.7 Å². The maximum Gasteiger partial charge on any atom is 0.304 e. The van der Waals surface area contributed by atoms with Crippen LogP contribution in [0, 0.1) is 22.7 Å². The van der Waals surface area contributed by atoms with Gasteiger partial charge in [-0.05, 0) is 30.1 Å². The Labute approximate surface area is 176 Å². The van der Waals surface area contributed by atoms with Crippen molar-refractivity contribution in [1.29, 1.82) is 0 Å². The second-order valence-corrected chi connectivity index (χ2v) is 10.9. The highest BCUT2D eigenvalue weighted by molar-refractivity contribution is 5.98. The van der Waals surface area contributed by atoms with Crippen LogP contribution in [0.25, 0.3) is 0 Å². The van der Waals surface area contributed by atoms with Gasteiger partial charge < -0.3 is 19.4 Å². The van der Waals surface area contributed by atoms with Gasteiger partial charge in [-0.15, -0.1) is 0 Å². The average molecular weight is 418 g/mol. The lowest BCUT2D eigenvalue weighted by Crippen LogP contribution is -2.80. The molecule has 6 atom stereocenters. The van der Waals surface area contributed by atoms with Gasteiger partial charge in [-0.25, -0.2) is 0 Å². The maximum atomic E-state index is 13.7. The first-order chi connectivity index (χ1) is 13.8. The van der Waals surface area contributed by atoms with Crippen LogP contribution >= 0.6 is 0 Å². The highest BCUT2D eigenvalue weighted by atomic mass is 16.6. The highest BCUT2D eigenvalue weighted by Gasteiger charge is 2.81. The summed E-state index contributed by atoms with van der Waals surface area (Å²) in [6, 6.07) is 0. The van der Waals surface area contributed by atoms with Crippen LogP contribution in [0.1, 0.15) is 53.4 Å². The molecule has 0 aromatic heterocycles. The third kappa shape index (κ3) is 1.82. The lowest BCUT2D eigenvalue weighted by atomic mass is 9.57. The average Bonchev–Trinajstić information content (AvgIpc) is 3.13. The van der Waals surface area contributed by atoms with Crippen molar-refractivity contribution in [2.75, 3.05) is 20.6 Å². The van der Waals surface area contributed by atoms with Gasteiger partial charge in [0, 0.05) is 40.4 Å². The molecule has 6 fully saturated rings. The first kappa shape index (κ1) is 19.8. The molecule has 5 saturated heterocycles. The largest absolute Gasteiger partial charge is 0.442 e. The fourth-order valence-corrected chi connectivity index (χ4v) is 8.00. The van der Waals surface area contributed by atoms with E-state index in [4.69, 9.17) is 4.74 Å². The molecule has 164 valence electrons. The summed E-state index contributed by atoms with van der Waals surface area (Å²) < 4.78 is 5.48. The van der Waals surface area contributed by atoms with Crippen LogP contribution in [0.3, 0.4) is 0 Å². The van der Waals surface area contributed by atoms with Crippen LogP contribution in [0.15, 0.2) is 0 Å². The second-order valence-electron chi connectivity index (χ2n) is 10.9. The molecule has 0 aromatic carbocycles. The SMILES string of the molecule is CC(=O)O[C@@H]1C[C@]2(C[C@@]34CN5C(=O)C[C@H](C)[C@]5(C[C@@H]3C2(C)C)C(=O)N4C)C(=O)N1C. The fraction of sp³-hybridized carbons (Fsp3) is 0.818. The van der Waals surface area contributed by atoms with E-state index in [0.29, 0.717) is 32.2 Å². The van der Waals surface area contributed by atoms with Gasteiger partial charge in [0.05, 0.1) is 11.0 Å². The van der Waals surface area contributed by atoms with Gasteiger partial charge in [0.2, 0.25) is 17.7 Å². The summed E-state index contributed by atoms with van der Waals surface area (Å²) in [4.78, 5) is 57.0. The Kier molecular flexibility index (Phi) is 3.55. The normalized spacial score (nSPS) is 46.1. The van der Waals surface area contributed by atoms with Crippen LogP contribution in [0.2, 0.25) is 0 Å². The summed E-state index contributed by atoms with van der Waals surface area (Å²) in [7, 11) is 3.54. The minimum absolute atomic E-state index is 0.0199. The molecule has 8 heteroatoms. The number of carbonyl (C=O) groups excluding carboxylic acids is 4. The van der Waals surface area contributed by atoms with Gasteiger partial charge in [0.15, 0.2) is 6.23 Å².